The molecule has 164 valence electrons. The van der Waals surface area contributed by atoms with Crippen molar-refractivity contribution in [2.45, 2.75) is 24.6 Å². The van der Waals surface area contributed by atoms with Crippen LogP contribution in [0.1, 0.15) is 18.4 Å². The maximum atomic E-state index is 12.9. The summed E-state index contributed by atoms with van der Waals surface area (Å²) in [6, 6.07) is 4.61. The van der Waals surface area contributed by atoms with Gasteiger partial charge in [-0.25, -0.2) is 9.97 Å². The fraction of sp³-hybridized carbons (Fsp3) is 0.381. The molecule has 1 aromatic carbocycles. The van der Waals surface area contributed by atoms with Gasteiger partial charge in [-0.1, -0.05) is 12.1 Å². The molecule has 0 saturated carbocycles. The van der Waals surface area contributed by atoms with Crippen molar-refractivity contribution in [1.82, 2.24) is 14.5 Å². The van der Waals surface area contributed by atoms with Gasteiger partial charge in [0, 0.05) is 32.0 Å². The van der Waals surface area contributed by atoms with E-state index in [-0.39, 0.29) is 29.9 Å². The molecular weight excluding hydrogens is 413 g/mol. The van der Waals surface area contributed by atoms with E-state index in [0.717, 1.165) is 18.6 Å². The number of benzene rings is 1. The van der Waals surface area contributed by atoms with Gasteiger partial charge in [0.05, 0.1) is 24.0 Å². The maximum absolute atomic E-state index is 12.9. The zero-order valence-electron chi connectivity index (χ0n) is 16.7. The number of aliphatic hydroxyl groups is 1. The Hall–Kier alpha value is -2.98. The minimum absolute atomic E-state index is 0.132. The molecule has 1 fully saturated rings. The molecule has 2 N–H and O–H groups in total. The zero-order chi connectivity index (χ0) is 22.2. The number of aromatic nitrogens is 3. The molecule has 1 saturated heterocycles. The number of nitrogens with one attached hydrogen (secondary N) is 1. The fourth-order valence-corrected chi connectivity index (χ4v) is 3.62. The Bertz CT molecular complexity index is 1150. The van der Waals surface area contributed by atoms with Crippen LogP contribution in [-0.2, 0) is 18.0 Å². The van der Waals surface area contributed by atoms with Crippen LogP contribution in [0.3, 0.4) is 0 Å². The van der Waals surface area contributed by atoms with Gasteiger partial charge in [0.15, 0.2) is 0 Å². The fourth-order valence-electron chi connectivity index (χ4n) is 3.62. The maximum Gasteiger partial charge on any atom is 0.416 e. The lowest BCUT2D eigenvalue weighted by Gasteiger charge is -2.32. The van der Waals surface area contributed by atoms with Crippen molar-refractivity contribution in [2.24, 2.45) is 7.05 Å². The lowest BCUT2D eigenvalue weighted by Crippen LogP contribution is -2.44. The number of pyridine rings is 1. The topological polar surface area (TPSA) is 89.3 Å². The molecule has 0 bridgehead atoms. The molecule has 0 amide bonds. The number of alkyl halides is 3. The molecule has 31 heavy (non-hydrogen) atoms. The molecule has 4 rings (SSSR count). The Morgan fingerprint density at radius 3 is 2.65 bits per heavy atom. The van der Waals surface area contributed by atoms with Gasteiger partial charge in [-0.05, 0) is 30.5 Å². The van der Waals surface area contributed by atoms with Crippen LogP contribution in [0.25, 0.3) is 22.0 Å². The van der Waals surface area contributed by atoms with Gasteiger partial charge < -0.3 is 19.7 Å². The van der Waals surface area contributed by atoms with E-state index in [1.165, 1.54) is 29.2 Å². The van der Waals surface area contributed by atoms with E-state index in [1.807, 2.05) is 0 Å². The van der Waals surface area contributed by atoms with E-state index in [1.54, 1.807) is 7.05 Å². The van der Waals surface area contributed by atoms with Crippen molar-refractivity contribution in [3.8, 4) is 11.1 Å². The first-order valence-corrected chi connectivity index (χ1v) is 9.74. The number of halogens is 3. The molecule has 0 unspecified atom stereocenters. The zero-order valence-corrected chi connectivity index (χ0v) is 16.7. The van der Waals surface area contributed by atoms with Gasteiger partial charge in [-0.2, -0.15) is 13.2 Å². The number of ether oxygens (including phenoxy) is 1. The molecule has 1 aliphatic heterocycles. The summed E-state index contributed by atoms with van der Waals surface area (Å²) in [5, 5.41) is 13.9. The third-order valence-corrected chi connectivity index (χ3v) is 5.36. The number of hydrogen-bond donors (Lipinski definition) is 2. The van der Waals surface area contributed by atoms with Crippen LogP contribution in [0.15, 0.2) is 41.6 Å². The summed E-state index contributed by atoms with van der Waals surface area (Å²) in [6.07, 6.45) is -0.351. The third-order valence-electron chi connectivity index (χ3n) is 5.36. The first-order valence-electron chi connectivity index (χ1n) is 9.74. The van der Waals surface area contributed by atoms with Gasteiger partial charge in [0.1, 0.15) is 16.8 Å². The average molecular weight is 434 g/mol. The Kier molecular flexibility index (Phi) is 5.44. The normalized spacial score (nSPS) is 19.5. The summed E-state index contributed by atoms with van der Waals surface area (Å²) in [7, 11) is 1.55. The van der Waals surface area contributed by atoms with E-state index >= 15 is 0 Å². The number of rotatable bonds is 4. The smallest absolute Gasteiger partial charge is 0.386 e. The summed E-state index contributed by atoms with van der Waals surface area (Å²) in [6.45, 7) is 0.903. The molecule has 7 nitrogen and oxygen atoms in total. The molecule has 3 heterocycles. The third kappa shape index (κ3) is 4.26. The standard InChI is InChI=1S/C21H21F3N4O3/c1-28-12-27-17-15(13-3-5-14(6-4-13)21(22,23)24)9-25-18(16(17)19(28)29)26-10-20(30)7-2-8-31-11-20/h3-6,9,12,30H,2,7-8,10-11H2,1H3,(H,25,26)/t20-/m1/s1. The van der Waals surface area contributed by atoms with E-state index in [0.29, 0.717) is 29.7 Å². The quantitative estimate of drug-likeness (QED) is 0.656. The molecule has 0 radical (unpaired) electrons. The lowest BCUT2D eigenvalue weighted by molar-refractivity contribution is -0.137. The summed E-state index contributed by atoms with van der Waals surface area (Å²) in [5.41, 5.74) is -0.999. The summed E-state index contributed by atoms with van der Waals surface area (Å²) in [5.74, 6) is 0.248. The minimum atomic E-state index is -4.44. The van der Waals surface area contributed by atoms with Crippen LogP contribution in [-0.4, -0.2) is 45.0 Å². The van der Waals surface area contributed by atoms with Crippen molar-refractivity contribution in [3.63, 3.8) is 0 Å². The summed E-state index contributed by atoms with van der Waals surface area (Å²) in [4.78, 5) is 21.5. The molecule has 1 aliphatic rings. The van der Waals surface area contributed by atoms with Crippen molar-refractivity contribution in [1.29, 1.82) is 0 Å². The molecule has 1 atom stereocenters. The van der Waals surface area contributed by atoms with Crippen LogP contribution >= 0.6 is 0 Å². The SMILES string of the molecule is Cn1cnc2c(-c3ccc(C(F)(F)F)cc3)cnc(NC[C@]3(O)CCCOC3)c2c1=O. The number of nitrogens with zero attached hydrogens (tertiary/aromatic N) is 3. The van der Waals surface area contributed by atoms with Crippen LogP contribution in [0.4, 0.5) is 19.0 Å². The molecule has 2 aromatic heterocycles. The average Bonchev–Trinajstić information content (AvgIpc) is 2.74. The Morgan fingerprint density at radius 1 is 1.26 bits per heavy atom. The highest BCUT2D eigenvalue weighted by Crippen LogP contribution is 2.33. The number of anilines is 1. The second-order valence-corrected chi connectivity index (χ2v) is 7.71. The van der Waals surface area contributed by atoms with Crippen molar-refractivity contribution < 1.29 is 23.0 Å². The lowest BCUT2D eigenvalue weighted by atomic mass is 9.96. The monoisotopic (exact) mass is 434 g/mol. The van der Waals surface area contributed by atoms with Gasteiger partial charge >= 0.3 is 6.18 Å². The molecule has 10 heteroatoms. The van der Waals surface area contributed by atoms with E-state index in [4.69, 9.17) is 4.74 Å². The largest absolute Gasteiger partial charge is 0.416 e. The number of hydrogen-bond acceptors (Lipinski definition) is 6. The highest BCUT2D eigenvalue weighted by molar-refractivity contribution is 5.98. The summed E-state index contributed by atoms with van der Waals surface area (Å²) >= 11 is 0. The predicted octanol–water partition coefficient (Wildman–Crippen LogP) is 2.97. The van der Waals surface area contributed by atoms with Gasteiger partial charge in [-0.3, -0.25) is 4.79 Å². The minimum Gasteiger partial charge on any atom is -0.386 e. The first kappa shape index (κ1) is 21.3. The molecule has 0 aliphatic carbocycles. The first-order chi connectivity index (χ1) is 14.7. The van der Waals surface area contributed by atoms with Crippen molar-refractivity contribution in [2.75, 3.05) is 25.1 Å². The summed E-state index contributed by atoms with van der Waals surface area (Å²) < 4.78 is 45.3. The number of fused-ring (bicyclic) bond motifs is 1. The highest BCUT2D eigenvalue weighted by Gasteiger charge is 2.31. The van der Waals surface area contributed by atoms with Gasteiger partial charge in [0.25, 0.3) is 5.56 Å². The second-order valence-electron chi connectivity index (χ2n) is 7.71. The van der Waals surface area contributed by atoms with Crippen LogP contribution in [0.5, 0.6) is 0 Å². The van der Waals surface area contributed by atoms with Crippen LogP contribution < -0.4 is 10.9 Å². The molecule has 0 spiro atoms. The highest BCUT2D eigenvalue weighted by atomic mass is 19.4. The number of aryl methyl sites for hydroxylation is 1. The van der Waals surface area contributed by atoms with Crippen molar-refractivity contribution in [3.05, 3.63) is 52.7 Å². The molecular formula is C21H21F3N4O3. The van der Waals surface area contributed by atoms with E-state index in [2.05, 4.69) is 15.3 Å². The van der Waals surface area contributed by atoms with Gasteiger partial charge in [0.2, 0.25) is 0 Å². The van der Waals surface area contributed by atoms with E-state index in [9.17, 15) is 23.1 Å². The van der Waals surface area contributed by atoms with E-state index < -0.39 is 17.3 Å². The predicted molar refractivity (Wildman–Crippen MR) is 109 cm³/mol. The molecule has 3 aromatic rings. The Labute approximate surface area is 175 Å². The Balaban J connectivity index is 1.75. The van der Waals surface area contributed by atoms with Gasteiger partial charge in [-0.15, -0.1) is 0 Å². The van der Waals surface area contributed by atoms with Crippen molar-refractivity contribution >= 4 is 16.7 Å². The second kappa shape index (κ2) is 7.93. The van der Waals surface area contributed by atoms with Crippen LogP contribution in [0.2, 0.25) is 0 Å². The Morgan fingerprint density at radius 2 is 2.00 bits per heavy atom. The van der Waals surface area contributed by atoms with Crippen LogP contribution in [0, 0.1) is 0 Å².